The maximum absolute atomic E-state index is 3.30. The molecule has 4 aromatic rings. The normalized spacial score (nSPS) is 10.9. The molecule has 0 saturated carbocycles. The van der Waals surface area contributed by atoms with Crippen molar-refractivity contribution in [1.82, 2.24) is 0 Å². The number of rotatable bonds is 2. The molecule has 5 rings (SSSR count). The van der Waals surface area contributed by atoms with E-state index in [4.69, 9.17) is 0 Å². The van der Waals surface area contributed by atoms with Crippen molar-refractivity contribution >= 4 is 16.3 Å². The van der Waals surface area contributed by atoms with Crippen LogP contribution in [0.1, 0.15) is 16.7 Å². The van der Waals surface area contributed by atoms with Crippen LogP contribution in [-0.4, -0.2) is 0 Å². The summed E-state index contributed by atoms with van der Waals surface area (Å²) in [7, 11) is 0. The van der Waals surface area contributed by atoms with Crippen molar-refractivity contribution in [2.24, 2.45) is 0 Å². The zero-order valence-electron chi connectivity index (χ0n) is 17.2. The zero-order chi connectivity index (χ0) is 19.2. The van der Waals surface area contributed by atoms with E-state index in [-0.39, 0.29) is 51.0 Å². The largest absolute Gasteiger partial charge is 4.00 e. The van der Waals surface area contributed by atoms with Gasteiger partial charge < -0.3 is 24.8 Å². The SMILES string of the molecule is Cc1cc2ccccc2[cH-]1.[C-]1=CC=CC1=C(c1ccccc1)c1ccccc1.[Cl-].[Cl-].[Zr+4]. The molecule has 0 atom stereocenters. The molecule has 3 heteroatoms. The quantitative estimate of drug-likeness (QED) is 0.350. The Morgan fingerprint density at radius 2 is 1.29 bits per heavy atom. The first-order valence-corrected chi connectivity index (χ1v) is 9.55. The molecule has 4 aromatic carbocycles. The predicted octanol–water partition coefficient (Wildman–Crippen LogP) is 1.29. The fraction of sp³-hybridized carbons (Fsp3) is 0.0357. The van der Waals surface area contributed by atoms with Gasteiger partial charge in [0, 0.05) is 0 Å². The van der Waals surface area contributed by atoms with Crippen LogP contribution in [-0.2, 0) is 26.2 Å². The third kappa shape index (κ3) is 6.98. The molecule has 31 heavy (non-hydrogen) atoms. The van der Waals surface area contributed by atoms with Crippen LogP contribution < -0.4 is 24.8 Å². The summed E-state index contributed by atoms with van der Waals surface area (Å²) >= 11 is 0. The molecule has 0 heterocycles. The third-order valence-electron chi connectivity index (χ3n) is 4.75. The second-order valence-electron chi connectivity index (χ2n) is 6.85. The molecule has 1 aliphatic carbocycles. The summed E-state index contributed by atoms with van der Waals surface area (Å²) in [4.78, 5) is 0. The Morgan fingerprint density at radius 3 is 1.81 bits per heavy atom. The Hall–Kier alpha value is -2.05. The van der Waals surface area contributed by atoms with E-state index >= 15 is 0 Å². The summed E-state index contributed by atoms with van der Waals surface area (Å²) in [5.41, 5.74) is 6.19. The van der Waals surface area contributed by atoms with Gasteiger partial charge in [-0.1, -0.05) is 90.4 Å². The van der Waals surface area contributed by atoms with E-state index in [1.807, 2.05) is 24.3 Å². The van der Waals surface area contributed by atoms with Gasteiger partial charge in [0.25, 0.3) is 0 Å². The number of fused-ring (bicyclic) bond motifs is 1. The zero-order valence-corrected chi connectivity index (χ0v) is 21.2. The van der Waals surface area contributed by atoms with Gasteiger partial charge in [-0.3, -0.25) is 0 Å². The van der Waals surface area contributed by atoms with E-state index in [0.717, 1.165) is 5.57 Å². The number of hydrogen-bond donors (Lipinski definition) is 0. The van der Waals surface area contributed by atoms with Crippen LogP contribution in [0.15, 0.2) is 121 Å². The Balaban J connectivity index is 0.000000320. The monoisotopic (exact) mass is 518 g/mol. The second kappa shape index (κ2) is 13.4. The van der Waals surface area contributed by atoms with E-state index in [9.17, 15) is 0 Å². The molecule has 0 fully saturated rings. The van der Waals surface area contributed by atoms with Crippen molar-refractivity contribution < 1.29 is 51.0 Å². The van der Waals surface area contributed by atoms with Crippen molar-refractivity contribution in [1.29, 1.82) is 0 Å². The number of aryl methyl sites for hydroxylation is 1. The minimum atomic E-state index is 0. The topological polar surface area (TPSA) is 0 Å². The van der Waals surface area contributed by atoms with E-state index in [1.165, 1.54) is 33.0 Å². The fourth-order valence-corrected chi connectivity index (χ4v) is 3.48. The Morgan fingerprint density at radius 1 is 0.742 bits per heavy atom. The molecule has 0 spiro atoms. The van der Waals surface area contributed by atoms with Crippen LogP contribution in [0.4, 0.5) is 0 Å². The number of allylic oxidation sites excluding steroid dienone is 5. The Bertz CT molecular complexity index is 1060. The summed E-state index contributed by atoms with van der Waals surface area (Å²) in [6.45, 7) is 2.12. The van der Waals surface area contributed by atoms with Crippen LogP contribution in [0.5, 0.6) is 0 Å². The molecule has 0 nitrogen and oxygen atoms in total. The summed E-state index contributed by atoms with van der Waals surface area (Å²) in [5, 5.41) is 2.69. The van der Waals surface area contributed by atoms with Crippen molar-refractivity contribution in [2.75, 3.05) is 0 Å². The first kappa shape index (κ1) is 27.0. The summed E-state index contributed by atoms with van der Waals surface area (Å²) in [6.07, 6.45) is 9.39. The van der Waals surface area contributed by atoms with Gasteiger partial charge in [0.15, 0.2) is 0 Å². The van der Waals surface area contributed by atoms with E-state index in [1.54, 1.807) is 0 Å². The van der Waals surface area contributed by atoms with Gasteiger partial charge in [-0.25, -0.2) is 0 Å². The van der Waals surface area contributed by atoms with Crippen LogP contribution in [0.2, 0.25) is 0 Å². The van der Waals surface area contributed by atoms with E-state index < -0.39 is 0 Å². The molecule has 0 radical (unpaired) electrons. The maximum Gasteiger partial charge on any atom is 4.00 e. The minimum absolute atomic E-state index is 0. The van der Waals surface area contributed by atoms with Gasteiger partial charge in [0.2, 0.25) is 0 Å². The van der Waals surface area contributed by atoms with Crippen molar-refractivity contribution in [3.05, 3.63) is 144 Å². The molecule has 152 valence electrons. The molecule has 1 aliphatic rings. The van der Waals surface area contributed by atoms with Crippen molar-refractivity contribution in [3.8, 4) is 0 Å². The van der Waals surface area contributed by atoms with Gasteiger partial charge in [0.05, 0.1) is 0 Å². The smallest absolute Gasteiger partial charge is 1.00 e. The van der Waals surface area contributed by atoms with Crippen LogP contribution in [0.25, 0.3) is 16.3 Å². The molecule has 0 aromatic heterocycles. The maximum atomic E-state index is 3.30. The van der Waals surface area contributed by atoms with Gasteiger partial charge >= 0.3 is 26.2 Å². The van der Waals surface area contributed by atoms with Crippen molar-refractivity contribution in [3.63, 3.8) is 0 Å². The third-order valence-corrected chi connectivity index (χ3v) is 4.75. The van der Waals surface area contributed by atoms with Crippen LogP contribution in [0, 0.1) is 13.0 Å². The molecule has 0 aliphatic heterocycles. The Kier molecular flexibility index (Phi) is 11.7. The minimum Gasteiger partial charge on any atom is -1.00 e. The summed E-state index contributed by atoms with van der Waals surface area (Å²) in [5.74, 6) is 0. The first-order valence-electron chi connectivity index (χ1n) is 9.55. The average molecular weight is 521 g/mol. The first-order chi connectivity index (χ1) is 13.8. The van der Waals surface area contributed by atoms with Crippen molar-refractivity contribution in [2.45, 2.75) is 6.92 Å². The van der Waals surface area contributed by atoms with Gasteiger partial charge in [0.1, 0.15) is 0 Å². The molecular formula is C28H22Cl2Zr. The molecule has 0 amide bonds. The molecular weight excluding hydrogens is 498 g/mol. The fourth-order valence-electron chi connectivity index (χ4n) is 3.48. The number of halogens is 2. The Labute approximate surface area is 216 Å². The van der Waals surface area contributed by atoms with Gasteiger partial charge in [-0.2, -0.15) is 29.9 Å². The van der Waals surface area contributed by atoms with Gasteiger partial charge in [-0.05, 0) is 0 Å². The average Bonchev–Trinajstić information content (AvgIpc) is 3.39. The number of hydrogen-bond acceptors (Lipinski definition) is 0. The summed E-state index contributed by atoms with van der Waals surface area (Å²) in [6, 6.07) is 33.8. The number of benzene rings is 3. The standard InChI is InChI=1S/C18H13.C10H9.2ClH.Zr/c1-3-9-15(10-4-1)18(17-13-7-8-14-17)16-11-5-2-6-12-16;1-8-6-9-4-2-3-5-10(9)7-8;;;/h1-13H;2-7H,1H3;2*1H;/q2*-1;;;+4/p-2. The second-order valence-corrected chi connectivity index (χ2v) is 6.85. The van der Waals surface area contributed by atoms with E-state index in [0.29, 0.717) is 0 Å². The van der Waals surface area contributed by atoms with Crippen LogP contribution in [0.3, 0.4) is 0 Å². The van der Waals surface area contributed by atoms with Gasteiger partial charge in [-0.15, -0.1) is 46.7 Å². The molecule has 0 saturated heterocycles. The van der Waals surface area contributed by atoms with Crippen LogP contribution >= 0.6 is 0 Å². The molecule has 0 bridgehead atoms. The molecule has 0 unspecified atom stereocenters. The summed E-state index contributed by atoms with van der Waals surface area (Å²) < 4.78 is 0. The predicted molar refractivity (Wildman–Crippen MR) is 120 cm³/mol. The van der Waals surface area contributed by atoms with E-state index in [2.05, 4.69) is 104 Å². The molecule has 0 N–H and O–H groups in total.